The van der Waals surface area contributed by atoms with E-state index in [1.807, 2.05) is 18.2 Å². The number of carbonyl (C=O) groups excluding carboxylic acids is 1. The number of carboxylic acids is 1. The topological polar surface area (TPSA) is 80.0 Å². The highest BCUT2D eigenvalue weighted by Crippen LogP contribution is 2.14. The van der Waals surface area contributed by atoms with Crippen molar-refractivity contribution in [3.63, 3.8) is 0 Å². The second-order valence-electron chi connectivity index (χ2n) is 5.16. The van der Waals surface area contributed by atoms with Crippen molar-refractivity contribution < 1.29 is 23.8 Å². The lowest BCUT2D eigenvalue weighted by molar-refractivity contribution is -0.139. The van der Waals surface area contributed by atoms with Gasteiger partial charge < -0.3 is 19.2 Å². The molecule has 2 rings (SSSR count). The fraction of sp³-hybridized carbons (Fsp3) is 0.294. The zero-order valence-corrected chi connectivity index (χ0v) is 12.9. The second-order valence-corrected chi connectivity index (χ2v) is 5.16. The van der Waals surface area contributed by atoms with Gasteiger partial charge in [-0.15, -0.1) is 0 Å². The lowest BCUT2D eigenvalue weighted by atomic mass is 10.2. The van der Waals surface area contributed by atoms with Crippen LogP contribution >= 0.6 is 0 Å². The molecule has 0 atom stereocenters. The van der Waals surface area contributed by atoms with Gasteiger partial charge in [0.05, 0.1) is 6.26 Å². The molecule has 23 heavy (non-hydrogen) atoms. The number of carbonyl (C=O) groups is 2. The van der Waals surface area contributed by atoms with Crippen molar-refractivity contribution in [2.45, 2.75) is 19.4 Å². The van der Waals surface area contributed by atoms with E-state index >= 15 is 0 Å². The number of ether oxygens (including phenoxy) is 1. The van der Waals surface area contributed by atoms with E-state index in [0.29, 0.717) is 25.1 Å². The maximum atomic E-state index is 12.1. The van der Waals surface area contributed by atoms with Crippen LogP contribution in [0, 0.1) is 0 Å². The predicted octanol–water partition coefficient (Wildman–Crippen LogP) is 2.33. The molecule has 0 bridgehead atoms. The molecule has 1 amide bonds. The van der Waals surface area contributed by atoms with E-state index in [1.165, 1.54) is 0 Å². The Morgan fingerprint density at radius 1 is 1.22 bits per heavy atom. The largest absolute Gasteiger partial charge is 0.482 e. The SMILES string of the molecule is CN(Cc1ccc(OCC(=O)O)cc1)C(=O)CCc1ccco1. The van der Waals surface area contributed by atoms with Crippen molar-refractivity contribution in [3.8, 4) is 5.75 Å². The quantitative estimate of drug-likeness (QED) is 0.808. The molecule has 0 radical (unpaired) electrons. The van der Waals surface area contributed by atoms with Crippen LogP contribution in [0.3, 0.4) is 0 Å². The first-order valence-corrected chi connectivity index (χ1v) is 7.24. The predicted molar refractivity (Wildman–Crippen MR) is 83.1 cm³/mol. The molecule has 1 heterocycles. The van der Waals surface area contributed by atoms with Crippen molar-refractivity contribution in [2.75, 3.05) is 13.7 Å². The van der Waals surface area contributed by atoms with Gasteiger partial charge in [-0.2, -0.15) is 0 Å². The van der Waals surface area contributed by atoms with Gasteiger partial charge in [0.15, 0.2) is 6.61 Å². The molecule has 1 N–H and O–H groups in total. The summed E-state index contributed by atoms with van der Waals surface area (Å²) in [6.45, 7) is 0.112. The van der Waals surface area contributed by atoms with Gasteiger partial charge in [-0.05, 0) is 29.8 Å². The molecular weight excluding hydrogens is 298 g/mol. The van der Waals surface area contributed by atoms with Crippen LogP contribution in [0.15, 0.2) is 47.1 Å². The molecule has 0 saturated heterocycles. The van der Waals surface area contributed by atoms with E-state index in [9.17, 15) is 9.59 Å². The number of hydrogen-bond donors (Lipinski definition) is 1. The summed E-state index contributed by atoms with van der Waals surface area (Å²) >= 11 is 0. The van der Waals surface area contributed by atoms with E-state index in [4.69, 9.17) is 14.3 Å². The second kappa shape index (κ2) is 8.03. The Kier molecular flexibility index (Phi) is 5.80. The summed E-state index contributed by atoms with van der Waals surface area (Å²) in [7, 11) is 1.75. The van der Waals surface area contributed by atoms with Crippen molar-refractivity contribution >= 4 is 11.9 Å². The third kappa shape index (κ3) is 5.50. The van der Waals surface area contributed by atoms with E-state index in [0.717, 1.165) is 11.3 Å². The number of carboxylic acid groups (broad SMARTS) is 1. The van der Waals surface area contributed by atoms with Crippen LogP contribution in [0.4, 0.5) is 0 Å². The van der Waals surface area contributed by atoms with Gasteiger partial charge in [-0.25, -0.2) is 4.79 Å². The van der Waals surface area contributed by atoms with Crippen LogP contribution in [0.25, 0.3) is 0 Å². The zero-order valence-electron chi connectivity index (χ0n) is 12.9. The van der Waals surface area contributed by atoms with Gasteiger partial charge in [0.2, 0.25) is 5.91 Å². The lowest BCUT2D eigenvalue weighted by Gasteiger charge is -2.17. The number of rotatable bonds is 8. The number of aliphatic carboxylic acids is 1. The van der Waals surface area contributed by atoms with Crippen molar-refractivity contribution in [3.05, 3.63) is 54.0 Å². The Hall–Kier alpha value is -2.76. The standard InChI is InChI=1S/C17H19NO5/c1-18(16(19)9-8-14-3-2-10-22-14)11-13-4-6-15(7-5-13)23-12-17(20)21/h2-7,10H,8-9,11-12H2,1H3,(H,20,21). The first kappa shape index (κ1) is 16.6. The summed E-state index contributed by atoms with van der Waals surface area (Å²) in [6.07, 6.45) is 2.57. The highest BCUT2D eigenvalue weighted by atomic mass is 16.5. The van der Waals surface area contributed by atoms with Crippen LogP contribution in [0.2, 0.25) is 0 Å². The van der Waals surface area contributed by atoms with Gasteiger partial charge in [0, 0.05) is 26.4 Å². The Bertz CT molecular complexity index is 634. The monoisotopic (exact) mass is 317 g/mol. The Morgan fingerprint density at radius 3 is 2.57 bits per heavy atom. The molecule has 0 unspecified atom stereocenters. The van der Waals surface area contributed by atoms with Crippen LogP contribution in [-0.4, -0.2) is 35.5 Å². The van der Waals surface area contributed by atoms with Crippen LogP contribution in [0.1, 0.15) is 17.7 Å². The number of hydrogen-bond acceptors (Lipinski definition) is 4. The van der Waals surface area contributed by atoms with Crippen molar-refractivity contribution in [1.29, 1.82) is 0 Å². The summed E-state index contributed by atoms with van der Waals surface area (Å²) in [5.41, 5.74) is 0.946. The molecular formula is C17H19NO5. The maximum absolute atomic E-state index is 12.1. The summed E-state index contributed by atoms with van der Waals surface area (Å²) < 4.78 is 10.3. The third-order valence-corrected chi connectivity index (χ3v) is 3.30. The highest BCUT2D eigenvalue weighted by Gasteiger charge is 2.10. The molecule has 0 aliphatic rings. The normalized spacial score (nSPS) is 10.3. The summed E-state index contributed by atoms with van der Waals surface area (Å²) in [5, 5.41) is 8.55. The van der Waals surface area contributed by atoms with Gasteiger partial charge in [-0.1, -0.05) is 12.1 Å². The average molecular weight is 317 g/mol. The van der Waals surface area contributed by atoms with Gasteiger partial charge in [-0.3, -0.25) is 4.79 Å². The van der Waals surface area contributed by atoms with Crippen LogP contribution in [0.5, 0.6) is 5.75 Å². The average Bonchev–Trinajstić information content (AvgIpc) is 3.05. The van der Waals surface area contributed by atoms with Gasteiger partial charge in [0.25, 0.3) is 0 Å². The summed E-state index contributed by atoms with van der Waals surface area (Å²) in [4.78, 5) is 24.2. The number of nitrogens with zero attached hydrogens (tertiary/aromatic N) is 1. The minimum atomic E-state index is -1.02. The lowest BCUT2D eigenvalue weighted by Crippen LogP contribution is -2.26. The van der Waals surface area contributed by atoms with E-state index in [1.54, 1.807) is 36.4 Å². The Balaban J connectivity index is 1.80. The Labute approximate surface area is 134 Å². The van der Waals surface area contributed by atoms with Gasteiger partial charge >= 0.3 is 5.97 Å². The first-order chi connectivity index (χ1) is 11.0. The summed E-state index contributed by atoms with van der Waals surface area (Å²) in [5.74, 6) is 0.304. The molecule has 6 heteroatoms. The number of furan rings is 1. The first-order valence-electron chi connectivity index (χ1n) is 7.24. The van der Waals surface area contributed by atoms with Crippen LogP contribution < -0.4 is 4.74 Å². The smallest absolute Gasteiger partial charge is 0.341 e. The molecule has 1 aromatic heterocycles. The molecule has 0 fully saturated rings. The Morgan fingerprint density at radius 2 is 1.96 bits per heavy atom. The zero-order chi connectivity index (χ0) is 16.7. The minimum Gasteiger partial charge on any atom is -0.482 e. The number of aryl methyl sites for hydroxylation is 1. The summed E-state index contributed by atoms with van der Waals surface area (Å²) in [6, 6.07) is 10.7. The molecule has 0 saturated carbocycles. The molecule has 1 aromatic carbocycles. The third-order valence-electron chi connectivity index (χ3n) is 3.30. The minimum absolute atomic E-state index is 0.0348. The van der Waals surface area contributed by atoms with E-state index in [-0.39, 0.29) is 12.5 Å². The van der Waals surface area contributed by atoms with Crippen molar-refractivity contribution in [1.82, 2.24) is 4.90 Å². The van der Waals surface area contributed by atoms with E-state index < -0.39 is 5.97 Å². The fourth-order valence-electron chi connectivity index (χ4n) is 2.07. The highest BCUT2D eigenvalue weighted by molar-refractivity contribution is 5.76. The molecule has 0 aliphatic carbocycles. The fourth-order valence-corrected chi connectivity index (χ4v) is 2.07. The molecule has 2 aromatic rings. The number of amides is 1. The molecule has 6 nitrogen and oxygen atoms in total. The van der Waals surface area contributed by atoms with Gasteiger partial charge in [0.1, 0.15) is 11.5 Å². The molecule has 0 spiro atoms. The molecule has 122 valence electrons. The number of benzene rings is 1. The van der Waals surface area contributed by atoms with Crippen molar-refractivity contribution in [2.24, 2.45) is 0 Å². The molecule has 0 aliphatic heterocycles. The van der Waals surface area contributed by atoms with E-state index in [2.05, 4.69) is 0 Å². The maximum Gasteiger partial charge on any atom is 0.341 e. The van der Waals surface area contributed by atoms with Crippen LogP contribution in [-0.2, 0) is 22.6 Å².